The van der Waals surface area contributed by atoms with Crippen molar-refractivity contribution in [3.05, 3.63) is 21.9 Å². The SMILES string of the molecule is COCCCNC(=O)N1CCCCC[C@H]1c1ccc(C)s1. The third kappa shape index (κ3) is 4.71. The van der Waals surface area contributed by atoms with Crippen LogP contribution in [0.5, 0.6) is 0 Å². The lowest BCUT2D eigenvalue weighted by Gasteiger charge is -2.29. The van der Waals surface area contributed by atoms with Crippen LogP contribution >= 0.6 is 11.3 Å². The molecule has 2 rings (SSSR count). The maximum atomic E-state index is 12.5. The maximum Gasteiger partial charge on any atom is 0.317 e. The van der Waals surface area contributed by atoms with Crippen LogP contribution in [0.25, 0.3) is 0 Å². The number of nitrogens with one attached hydrogen (secondary N) is 1. The molecule has 1 aromatic heterocycles. The Morgan fingerprint density at radius 2 is 2.29 bits per heavy atom. The molecule has 1 N–H and O–H groups in total. The van der Waals surface area contributed by atoms with Crippen molar-refractivity contribution in [1.82, 2.24) is 10.2 Å². The number of hydrogen-bond donors (Lipinski definition) is 1. The predicted octanol–water partition coefficient (Wildman–Crippen LogP) is 3.72. The van der Waals surface area contributed by atoms with Gasteiger partial charge in [-0.05, 0) is 38.3 Å². The Labute approximate surface area is 131 Å². The van der Waals surface area contributed by atoms with E-state index >= 15 is 0 Å². The molecule has 0 unspecified atom stereocenters. The fraction of sp³-hybridized carbons (Fsp3) is 0.688. The van der Waals surface area contributed by atoms with Crippen molar-refractivity contribution >= 4 is 17.4 Å². The number of urea groups is 1. The normalized spacial score (nSPS) is 19.3. The average molecular weight is 310 g/mol. The van der Waals surface area contributed by atoms with E-state index in [0.717, 1.165) is 25.8 Å². The summed E-state index contributed by atoms with van der Waals surface area (Å²) in [5.41, 5.74) is 0. The lowest BCUT2D eigenvalue weighted by molar-refractivity contribution is 0.171. The highest BCUT2D eigenvalue weighted by Gasteiger charge is 2.27. The van der Waals surface area contributed by atoms with Gasteiger partial charge in [0.05, 0.1) is 6.04 Å². The third-order valence-electron chi connectivity index (χ3n) is 3.90. The number of aryl methyl sites for hydroxylation is 1. The topological polar surface area (TPSA) is 41.6 Å². The van der Waals surface area contributed by atoms with Gasteiger partial charge in [-0.1, -0.05) is 12.8 Å². The summed E-state index contributed by atoms with van der Waals surface area (Å²) in [7, 11) is 1.69. The average Bonchev–Trinajstić information content (AvgIpc) is 2.76. The smallest absolute Gasteiger partial charge is 0.317 e. The van der Waals surface area contributed by atoms with Gasteiger partial charge in [0.2, 0.25) is 0 Å². The van der Waals surface area contributed by atoms with Crippen LogP contribution in [0.15, 0.2) is 12.1 Å². The minimum absolute atomic E-state index is 0.0732. The first-order valence-electron chi connectivity index (χ1n) is 7.82. The number of nitrogens with zero attached hydrogens (tertiary/aromatic N) is 1. The Hall–Kier alpha value is -1.07. The number of hydrogen-bond acceptors (Lipinski definition) is 3. The number of amides is 2. The second-order valence-corrected chi connectivity index (χ2v) is 6.90. The van der Waals surface area contributed by atoms with Crippen LogP contribution in [0.2, 0.25) is 0 Å². The van der Waals surface area contributed by atoms with Gasteiger partial charge in [-0.15, -0.1) is 11.3 Å². The van der Waals surface area contributed by atoms with Crippen LogP contribution < -0.4 is 5.32 Å². The number of carbonyl (C=O) groups excluding carboxylic acids is 1. The predicted molar refractivity (Wildman–Crippen MR) is 86.9 cm³/mol. The molecule has 0 aromatic carbocycles. The van der Waals surface area contributed by atoms with Crippen LogP contribution in [0.3, 0.4) is 0 Å². The zero-order chi connectivity index (χ0) is 15.1. The quantitative estimate of drug-likeness (QED) is 0.842. The van der Waals surface area contributed by atoms with Gasteiger partial charge in [-0.2, -0.15) is 0 Å². The molecule has 0 saturated carbocycles. The largest absolute Gasteiger partial charge is 0.385 e. The summed E-state index contributed by atoms with van der Waals surface area (Å²) in [4.78, 5) is 17.2. The van der Waals surface area contributed by atoms with Crippen molar-refractivity contribution in [3.63, 3.8) is 0 Å². The number of ether oxygens (including phenoxy) is 1. The molecule has 118 valence electrons. The Kier molecular flexibility index (Phi) is 6.51. The minimum Gasteiger partial charge on any atom is -0.385 e. The monoisotopic (exact) mass is 310 g/mol. The molecule has 21 heavy (non-hydrogen) atoms. The van der Waals surface area contributed by atoms with Crippen LogP contribution in [-0.4, -0.2) is 37.7 Å². The van der Waals surface area contributed by atoms with E-state index in [0.29, 0.717) is 13.2 Å². The molecule has 1 saturated heterocycles. The number of thiophene rings is 1. The van der Waals surface area contributed by atoms with Crippen molar-refractivity contribution in [2.75, 3.05) is 26.8 Å². The van der Waals surface area contributed by atoms with Crippen molar-refractivity contribution < 1.29 is 9.53 Å². The molecule has 5 heteroatoms. The Balaban J connectivity index is 2.00. The Morgan fingerprint density at radius 3 is 3.00 bits per heavy atom. The first kappa shape index (κ1) is 16.3. The molecule has 2 amide bonds. The summed E-state index contributed by atoms with van der Waals surface area (Å²) >= 11 is 1.81. The molecule has 0 bridgehead atoms. The van der Waals surface area contributed by atoms with Gasteiger partial charge in [-0.25, -0.2) is 4.79 Å². The van der Waals surface area contributed by atoms with Gasteiger partial charge in [0, 0.05) is 36.6 Å². The third-order valence-corrected chi connectivity index (χ3v) is 5.01. The maximum absolute atomic E-state index is 12.5. The molecule has 1 aromatic rings. The van der Waals surface area contributed by atoms with Crippen LogP contribution in [-0.2, 0) is 4.74 Å². The van der Waals surface area contributed by atoms with E-state index in [9.17, 15) is 4.79 Å². The zero-order valence-corrected chi connectivity index (χ0v) is 13.9. The Bertz CT molecular complexity index is 447. The van der Waals surface area contributed by atoms with Gasteiger partial charge in [0.1, 0.15) is 0 Å². The standard InChI is InChI=1S/C16H26N2O2S/c1-13-8-9-15(21-13)14-7-4-3-5-11-18(14)16(19)17-10-6-12-20-2/h8-9,14H,3-7,10-12H2,1-2H3,(H,17,19)/t14-/m0/s1. The molecule has 0 spiro atoms. The lowest BCUT2D eigenvalue weighted by atomic mass is 10.1. The number of likely N-dealkylation sites (tertiary alicyclic amines) is 1. The van der Waals surface area contributed by atoms with Crippen LogP contribution in [0.1, 0.15) is 47.9 Å². The van der Waals surface area contributed by atoms with Crippen LogP contribution in [0, 0.1) is 6.92 Å². The van der Waals surface area contributed by atoms with Crippen LogP contribution in [0.4, 0.5) is 4.79 Å². The van der Waals surface area contributed by atoms with E-state index in [-0.39, 0.29) is 12.1 Å². The summed E-state index contributed by atoms with van der Waals surface area (Å²) < 4.78 is 5.02. The van der Waals surface area contributed by atoms with Crippen molar-refractivity contribution in [3.8, 4) is 0 Å². The molecule has 4 nitrogen and oxygen atoms in total. The molecule has 2 heterocycles. The fourth-order valence-corrected chi connectivity index (χ4v) is 3.82. The first-order valence-corrected chi connectivity index (χ1v) is 8.63. The molecular weight excluding hydrogens is 284 g/mol. The lowest BCUT2D eigenvalue weighted by Crippen LogP contribution is -2.42. The van der Waals surface area contributed by atoms with Crippen molar-refractivity contribution in [1.29, 1.82) is 0 Å². The molecule has 1 aliphatic rings. The molecule has 0 aliphatic carbocycles. The van der Waals surface area contributed by atoms with E-state index < -0.39 is 0 Å². The minimum atomic E-state index is 0.0732. The molecular formula is C16H26N2O2S. The second kappa shape index (κ2) is 8.39. The van der Waals surface area contributed by atoms with E-state index in [1.807, 2.05) is 16.2 Å². The van der Waals surface area contributed by atoms with E-state index in [2.05, 4.69) is 24.4 Å². The number of methoxy groups -OCH3 is 1. The van der Waals surface area contributed by atoms with Gasteiger partial charge in [0.15, 0.2) is 0 Å². The number of rotatable bonds is 5. The highest BCUT2D eigenvalue weighted by Crippen LogP contribution is 2.34. The highest BCUT2D eigenvalue weighted by molar-refractivity contribution is 7.12. The summed E-state index contributed by atoms with van der Waals surface area (Å²) in [5, 5.41) is 3.03. The molecule has 1 fully saturated rings. The molecule has 1 atom stereocenters. The van der Waals surface area contributed by atoms with Gasteiger partial charge < -0.3 is 15.0 Å². The second-order valence-electron chi connectivity index (χ2n) is 5.59. The van der Waals surface area contributed by atoms with E-state index in [1.54, 1.807) is 7.11 Å². The number of carbonyl (C=O) groups is 1. The van der Waals surface area contributed by atoms with E-state index in [4.69, 9.17) is 4.74 Å². The molecule has 1 aliphatic heterocycles. The van der Waals surface area contributed by atoms with Gasteiger partial charge in [-0.3, -0.25) is 0 Å². The van der Waals surface area contributed by atoms with Crippen molar-refractivity contribution in [2.24, 2.45) is 0 Å². The van der Waals surface area contributed by atoms with Gasteiger partial charge in [0.25, 0.3) is 0 Å². The summed E-state index contributed by atoms with van der Waals surface area (Å²) in [6.45, 7) is 4.35. The van der Waals surface area contributed by atoms with Gasteiger partial charge >= 0.3 is 6.03 Å². The Morgan fingerprint density at radius 1 is 1.43 bits per heavy atom. The summed E-state index contributed by atoms with van der Waals surface area (Å²) in [6, 6.07) is 4.65. The summed E-state index contributed by atoms with van der Waals surface area (Å²) in [5.74, 6) is 0. The zero-order valence-electron chi connectivity index (χ0n) is 13.1. The van der Waals surface area contributed by atoms with Crippen molar-refractivity contribution in [2.45, 2.75) is 45.1 Å². The van der Waals surface area contributed by atoms with E-state index in [1.165, 1.54) is 22.6 Å². The molecule has 0 radical (unpaired) electrons. The highest BCUT2D eigenvalue weighted by atomic mass is 32.1. The summed E-state index contributed by atoms with van der Waals surface area (Å²) in [6.07, 6.45) is 5.46. The fourth-order valence-electron chi connectivity index (χ4n) is 2.79. The first-order chi connectivity index (χ1) is 10.2.